The number of fused-ring (bicyclic) bond motifs is 1. The largest absolute Gasteiger partial charge is 0.457 e. The lowest BCUT2D eigenvalue weighted by Crippen LogP contribution is -2.43. The van der Waals surface area contributed by atoms with Crippen molar-refractivity contribution in [3.63, 3.8) is 0 Å². The molecule has 3 aromatic carbocycles. The quantitative estimate of drug-likeness (QED) is 0.188. The molecule has 0 aliphatic heterocycles. The van der Waals surface area contributed by atoms with Gasteiger partial charge in [-0.1, -0.05) is 31.2 Å². The molecular formula is C29H35N3O3S2. The molecule has 0 bridgehead atoms. The van der Waals surface area contributed by atoms with Crippen molar-refractivity contribution < 1.29 is 13.2 Å². The molecule has 6 nitrogen and oxygen atoms in total. The lowest BCUT2D eigenvalue weighted by molar-refractivity contribution is 0.346. The summed E-state index contributed by atoms with van der Waals surface area (Å²) in [6, 6.07) is 20.8. The first-order valence-electron chi connectivity index (χ1n) is 12.5. The number of rotatable bonds is 11. The van der Waals surface area contributed by atoms with Gasteiger partial charge in [-0.2, -0.15) is 0 Å². The van der Waals surface area contributed by atoms with Crippen LogP contribution in [0.15, 0.2) is 71.6 Å². The van der Waals surface area contributed by atoms with E-state index in [-0.39, 0.29) is 10.4 Å². The Labute approximate surface area is 224 Å². The van der Waals surface area contributed by atoms with E-state index in [9.17, 15) is 8.42 Å². The highest BCUT2D eigenvalue weighted by Gasteiger charge is 2.19. The predicted molar refractivity (Wildman–Crippen MR) is 153 cm³/mol. The first-order valence-corrected chi connectivity index (χ1v) is 14.8. The fourth-order valence-electron chi connectivity index (χ4n) is 4.42. The van der Waals surface area contributed by atoms with Crippen LogP contribution in [0.4, 0.5) is 0 Å². The molecule has 8 heteroatoms. The average Bonchev–Trinajstić information content (AvgIpc) is 3.23. The molecule has 1 heterocycles. The topological polar surface area (TPSA) is 87.0 Å². The molecule has 4 aromatic rings. The molecule has 1 aromatic heterocycles. The highest BCUT2D eigenvalue weighted by atomic mass is 32.2. The number of ether oxygens (including phenoxy) is 1. The van der Waals surface area contributed by atoms with E-state index in [0.29, 0.717) is 22.2 Å². The van der Waals surface area contributed by atoms with Crippen molar-refractivity contribution in [2.75, 3.05) is 12.8 Å². The summed E-state index contributed by atoms with van der Waals surface area (Å²) in [7, 11) is -3.22. The van der Waals surface area contributed by atoms with Gasteiger partial charge in [0.2, 0.25) is 0 Å². The highest BCUT2D eigenvalue weighted by Crippen LogP contribution is 2.25. The summed E-state index contributed by atoms with van der Waals surface area (Å²) in [5.41, 5.74) is 4.65. The Morgan fingerprint density at radius 1 is 0.973 bits per heavy atom. The Morgan fingerprint density at radius 2 is 1.62 bits per heavy atom. The lowest BCUT2D eigenvalue weighted by Gasteiger charge is -2.28. The van der Waals surface area contributed by atoms with Crippen LogP contribution in [-0.4, -0.2) is 36.7 Å². The molecule has 0 aliphatic rings. The normalized spacial score (nSPS) is 13.1. The van der Waals surface area contributed by atoms with Gasteiger partial charge in [0.05, 0.1) is 15.9 Å². The zero-order valence-corrected chi connectivity index (χ0v) is 23.4. The van der Waals surface area contributed by atoms with Crippen LogP contribution in [0.5, 0.6) is 11.5 Å². The SMILES string of the molecule is CC(CCc1cccc2[nH]c(=S)[nH]c12)CNC(C)(C)Cc1ccc(Oc2ccc(S(C)(=O)=O)cc2)cc1. The lowest BCUT2D eigenvalue weighted by atomic mass is 9.93. The minimum absolute atomic E-state index is 0.0518. The Hall–Kier alpha value is -2.94. The first-order chi connectivity index (χ1) is 17.5. The number of hydrogen-bond donors (Lipinski definition) is 3. The molecule has 4 rings (SSSR count). The molecule has 0 spiro atoms. The van der Waals surface area contributed by atoms with Gasteiger partial charge in [-0.05, 0) is 111 Å². The van der Waals surface area contributed by atoms with E-state index in [1.807, 2.05) is 12.1 Å². The number of H-pyrrole nitrogens is 2. The summed E-state index contributed by atoms with van der Waals surface area (Å²) < 4.78 is 29.8. The van der Waals surface area contributed by atoms with Crippen LogP contribution in [0.1, 0.15) is 38.3 Å². The summed E-state index contributed by atoms with van der Waals surface area (Å²) in [4.78, 5) is 6.75. The second kappa shape index (κ2) is 11.2. The Morgan fingerprint density at radius 3 is 2.27 bits per heavy atom. The maximum Gasteiger partial charge on any atom is 0.175 e. The fraction of sp³-hybridized carbons (Fsp3) is 0.345. The summed E-state index contributed by atoms with van der Waals surface area (Å²) >= 11 is 5.25. The van der Waals surface area contributed by atoms with Crippen LogP contribution in [-0.2, 0) is 22.7 Å². The number of nitrogens with one attached hydrogen (secondary N) is 3. The third kappa shape index (κ3) is 7.53. The number of para-hydroxylation sites is 1. The Kier molecular flexibility index (Phi) is 8.21. The number of hydrogen-bond acceptors (Lipinski definition) is 5. The fourth-order valence-corrected chi connectivity index (χ4v) is 5.26. The molecule has 0 radical (unpaired) electrons. The van der Waals surface area contributed by atoms with Crippen LogP contribution in [0, 0.1) is 10.7 Å². The number of aryl methyl sites for hydroxylation is 1. The van der Waals surface area contributed by atoms with Crippen LogP contribution < -0.4 is 10.1 Å². The van der Waals surface area contributed by atoms with Crippen molar-refractivity contribution in [3.8, 4) is 11.5 Å². The van der Waals surface area contributed by atoms with E-state index in [1.165, 1.54) is 17.4 Å². The predicted octanol–water partition coefficient (Wildman–Crippen LogP) is 6.60. The van der Waals surface area contributed by atoms with Crippen molar-refractivity contribution in [3.05, 3.63) is 82.6 Å². The first kappa shape index (κ1) is 27.1. The van der Waals surface area contributed by atoms with E-state index >= 15 is 0 Å². The van der Waals surface area contributed by atoms with Gasteiger partial charge in [-0.15, -0.1) is 0 Å². The Bertz CT molecular complexity index is 1500. The van der Waals surface area contributed by atoms with Crippen molar-refractivity contribution in [2.45, 2.75) is 50.5 Å². The summed E-state index contributed by atoms with van der Waals surface area (Å²) in [5.74, 6) is 1.85. The summed E-state index contributed by atoms with van der Waals surface area (Å²) in [6.45, 7) is 7.69. The van der Waals surface area contributed by atoms with Gasteiger partial charge in [0, 0.05) is 11.8 Å². The standard InChI is InChI=1S/C29H35N3O3S2/c1-20(8-11-22-6-5-7-26-27(22)32-28(36)31-26)19-30-29(2,3)18-21-9-12-23(13-10-21)35-24-14-16-25(17-15-24)37(4,33)34/h5-7,9-10,12-17,20,30H,8,11,18-19H2,1-4H3,(H2,31,32,36). The van der Waals surface area contributed by atoms with E-state index in [0.717, 1.165) is 36.8 Å². The molecule has 0 saturated heterocycles. The van der Waals surface area contributed by atoms with Gasteiger partial charge in [0.15, 0.2) is 14.6 Å². The summed E-state index contributed by atoms with van der Waals surface area (Å²) in [5, 5.41) is 3.75. The highest BCUT2D eigenvalue weighted by molar-refractivity contribution is 7.90. The minimum atomic E-state index is -3.22. The van der Waals surface area contributed by atoms with E-state index in [1.54, 1.807) is 24.3 Å². The molecule has 0 aliphatic carbocycles. The molecule has 1 atom stereocenters. The maximum atomic E-state index is 11.6. The average molecular weight is 538 g/mol. The minimum Gasteiger partial charge on any atom is -0.457 e. The van der Waals surface area contributed by atoms with E-state index in [2.05, 4.69) is 66.4 Å². The maximum absolute atomic E-state index is 11.6. The van der Waals surface area contributed by atoms with Crippen molar-refractivity contribution in [1.29, 1.82) is 0 Å². The smallest absolute Gasteiger partial charge is 0.175 e. The molecule has 37 heavy (non-hydrogen) atoms. The third-order valence-electron chi connectivity index (χ3n) is 6.53. The number of sulfone groups is 1. The molecule has 196 valence electrons. The molecule has 1 unspecified atom stereocenters. The van der Waals surface area contributed by atoms with Crippen LogP contribution >= 0.6 is 12.2 Å². The molecule has 0 fully saturated rings. The van der Waals surface area contributed by atoms with Crippen LogP contribution in [0.25, 0.3) is 11.0 Å². The van der Waals surface area contributed by atoms with Gasteiger partial charge < -0.3 is 20.0 Å². The molecule has 0 amide bonds. The summed E-state index contributed by atoms with van der Waals surface area (Å²) in [6.07, 6.45) is 4.18. The monoisotopic (exact) mass is 537 g/mol. The van der Waals surface area contributed by atoms with Crippen molar-refractivity contribution in [1.82, 2.24) is 15.3 Å². The van der Waals surface area contributed by atoms with Crippen molar-refractivity contribution in [2.24, 2.45) is 5.92 Å². The van der Waals surface area contributed by atoms with Gasteiger partial charge in [-0.25, -0.2) is 8.42 Å². The number of benzene rings is 3. The van der Waals surface area contributed by atoms with Gasteiger partial charge in [-0.3, -0.25) is 0 Å². The molecular weight excluding hydrogens is 502 g/mol. The molecule has 3 N–H and O–H groups in total. The van der Waals surface area contributed by atoms with Gasteiger partial charge in [0.25, 0.3) is 0 Å². The van der Waals surface area contributed by atoms with Gasteiger partial charge in [0.1, 0.15) is 11.5 Å². The third-order valence-corrected chi connectivity index (χ3v) is 7.86. The Balaban J connectivity index is 1.26. The van der Waals surface area contributed by atoms with Crippen LogP contribution in [0.3, 0.4) is 0 Å². The second-order valence-electron chi connectivity index (χ2n) is 10.5. The number of aromatic nitrogens is 2. The number of aromatic amines is 2. The van der Waals surface area contributed by atoms with Gasteiger partial charge >= 0.3 is 0 Å². The van der Waals surface area contributed by atoms with E-state index in [4.69, 9.17) is 17.0 Å². The molecule has 0 saturated carbocycles. The number of imidazole rings is 1. The van der Waals surface area contributed by atoms with Crippen molar-refractivity contribution >= 4 is 33.1 Å². The zero-order chi connectivity index (χ0) is 26.6. The second-order valence-corrected chi connectivity index (χ2v) is 12.9. The zero-order valence-electron chi connectivity index (χ0n) is 21.8. The van der Waals surface area contributed by atoms with Crippen LogP contribution in [0.2, 0.25) is 0 Å². The van der Waals surface area contributed by atoms with E-state index < -0.39 is 9.84 Å².